The third-order valence-electron chi connectivity index (χ3n) is 5.69. The minimum absolute atomic E-state index is 0.0487. The van der Waals surface area contributed by atoms with Gasteiger partial charge in [-0.1, -0.05) is 31.5 Å². The zero-order chi connectivity index (χ0) is 25.5. The highest BCUT2D eigenvalue weighted by Gasteiger charge is 2.27. The summed E-state index contributed by atoms with van der Waals surface area (Å²) in [6, 6.07) is 7.41. The van der Waals surface area contributed by atoms with Crippen LogP contribution in [-0.4, -0.2) is 54.9 Å². The lowest BCUT2D eigenvalue weighted by Crippen LogP contribution is -2.48. The summed E-state index contributed by atoms with van der Waals surface area (Å²) in [6.45, 7) is 3.80. The van der Waals surface area contributed by atoms with Crippen LogP contribution in [0.1, 0.15) is 47.4 Å². The number of carbonyl (C=O) groups is 3. The summed E-state index contributed by atoms with van der Waals surface area (Å²) in [5, 5.41) is 6.00. The molecule has 0 unspecified atom stereocenters. The SMILES string of the molecule is CC(C)[C@H]1COc2ccc(Cl)cc2C(=O)NCCCCN(C(=O)c2c(F)cccc2F)CC(=O)N1. The first-order valence-corrected chi connectivity index (χ1v) is 11.8. The Balaban J connectivity index is 1.86. The minimum Gasteiger partial charge on any atom is -0.491 e. The molecule has 0 saturated carbocycles. The van der Waals surface area contributed by atoms with Crippen molar-refractivity contribution >= 4 is 29.3 Å². The monoisotopic (exact) mass is 507 g/mol. The predicted molar refractivity (Wildman–Crippen MR) is 128 cm³/mol. The van der Waals surface area contributed by atoms with Crippen LogP contribution in [0.15, 0.2) is 36.4 Å². The van der Waals surface area contributed by atoms with Crippen LogP contribution in [0.3, 0.4) is 0 Å². The van der Waals surface area contributed by atoms with E-state index in [4.69, 9.17) is 16.3 Å². The van der Waals surface area contributed by atoms with Gasteiger partial charge in [-0.3, -0.25) is 14.4 Å². The fraction of sp³-hybridized carbons (Fsp3) is 0.400. The quantitative estimate of drug-likeness (QED) is 0.647. The first-order valence-electron chi connectivity index (χ1n) is 11.4. The third kappa shape index (κ3) is 6.91. The molecule has 3 amide bonds. The van der Waals surface area contributed by atoms with E-state index >= 15 is 0 Å². The molecule has 0 saturated heterocycles. The van der Waals surface area contributed by atoms with Crippen molar-refractivity contribution in [3.05, 3.63) is 64.2 Å². The molecule has 2 N–H and O–H groups in total. The Morgan fingerprint density at radius 3 is 2.54 bits per heavy atom. The van der Waals surface area contributed by atoms with Crippen molar-refractivity contribution in [2.75, 3.05) is 26.2 Å². The van der Waals surface area contributed by atoms with E-state index in [1.165, 1.54) is 12.1 Å². The van der Waals surface area contributed by atoms with Crippen LogP contribution in [0, 0.1) is 17.6 Å². The number of halogens is 3. The Bertz CT molecular complexity index is 1080. The molecule has 0 radical (unpaired) electrons. The topological polar surface area (TPSA) is 87.7 Å². The van der Waals surface area contributed by atoms with Gasteiger partial charge in [0.25, 0.3) is 11.8 Å². The summed E-state index contributed by atoms with van der Waals surface area (Å²) < 4.78 is 34.4. The van der Waals surface area contributed by atoms with Crippen molar-refractivity contribution < 1.29 is 27.9 Å². The Kier molecular flexibility index (Phi) is 9.03. The van der Waals surface area contributed by atoms with E-state index in [2.05, 4.69) is 10.6 Å². The first-order chi connectivity index (χ1) is 16.7. The second-order valence-corrected chi connectivity index (χ2v) is 9.09. The van der Waals surface area contributed by atoms with E-state index in [-0.39, 0.29) is 43.6 Å². The summed E-state index contributed by atoms with van der Waals surface area (Å²) in [5.41, 5.74) is -0.435. The lowest BCUT2D eigenvalue weighted by molar-refractivity contribution is -0.123. The summed E-state index contributed by atoms with van der Waals surface area (Å²) >= 11 is 6.07. The minimum atomic E-state index is -0.997. The van der Waals surface area contributed by atoms with Gasteiger partial charge in [0.05, 0.1) is 18.2 Å². The van der Waals surface area contributed by atoms with Crippen LogP contribution in [-0.2, 0) is 4.79 Å². The highest BCUT2D eigenvalue weighted by Crippen LogP contribution is 2.24. The molecule has 0 aromatic heterocycles. The van der Waals surface area contributed by atoms with E-state index in [1.54, 1.807) is 12.1 Å². The van der Waals surface area contributed by atoms with Gasteiger partial charge in [0.1, 0.15) is 29.6 Å². The average Bonchev–Trinajstić information content (AvgIpc) is 2.80. The van der Waals surface area contributed by atoms with Gasteiger partial charge < -0.3 is 20.3 Å². The van der Waals surface area contributed by atoms with Crippen molar-refractivity contribution in [1.82, 2.24) is 15.5 Å². The number of ether oxygens (including phenoxy) is 1. The van der Waals surface area contributed by atoms with Crippen LogP contribution in [0.4, 0.5) is 8.78 Å². The van der Waals surface area contributed by atoms with Crippen LogP contribution in [0.25, 0.3) is 0 Å². The molecule has 188 valence electrons. The molecule has 2 aromatic carbocycles. The second-order valence-electron chi connectivity index (χ2n) is 8.66. The van der Waals surface area contributed by atoms with Crippen molar-refractivity contribution in [2.45, 2.75) is 32.7 Å². The van der Waals surface area contributed by atoms with Crippen molar-refractivity contribution in [3.63, 3.8) is 0 Å². The number of hydrogen-bond donors (Lipinski definition) is 2. The average molecular weight is 508 g/mol. The molecule has 2 aromatic rings. The Labute approximate surface area is 207 Å². The van der Waals surface area contributed by atoms with Crippen LogP contribution in [0.2, 0.25) is 5.02 Å². The fourth-order valence-electron chi connectivity index (χ4n) is 3.65. The van der Waals surface area contributed by atoms with E-state index in [0.717, 1.165) is 17.0 Å². The van der Waals surface area contributed by atoms with Gasteiger partial charge in [0, 0.05) is 18.1 Å². The molecule has 0 fully saturated rings. The lowest BCUT2D eigenvalue weighted by Gasteiger charge is -2.26. The normalized spacial score (nSPS) is 18.0. The Morgan fingerprint density at radius 1 is 1.14 bits per heavy atom. The smallest absolute Gasteiger partial charge is 0.260 e. The zero-order valence-corrected chi connectivity index (χ0v) is 20.3. The van der Waals surface area contributed by atoms with Crippen molar-refractivity contribution in [2.24, 2.45) is 5.92 Å². The number of benzene rings is 2. The number of carbonyl (C=O) groups excluding carboxylic acids is 3. The molecule has 1 aliphatic rings. The number of amides is 3. The molecule has 1 heterocycles. The molecule has 35 heavy (non-hydrogen) atoms. The van der Waals surface area contributed by atoms with Gasteiger partial charge >= 0.3 is 0 Å². The Morgan fingerprint density at radius 2 is 1.86 bits per heavy atom. The van der Waals surface area contributed by atoms with Gasteiger partial charge in [-0.05, 0) is 49.1 Å². The Hall–Kier alpha value is -3.20. The molecule has 7 nitrogen and oxygen atoms in total. The lowest BCUT2D eigenvalue weighted by atomic mass is 10.1. The number of fused-ring (bicyclic) bond motifs is 1. The highest BCUT2D eigenvalue weighted by molar-refractivity contribution is 6.31. The number of rotatable bonds is 2. The molecule has 1 aliphatic heterocycles. The molecule has 0 spiro atoms. The maximum Gasteiger partial charge on any atom is 0.260 e. The summed E-state index contributed by atoms with van der Waals surface area (Å²) in [4.78, 5) is 39.7. The molecular weight excluding hydrogens is 480 g/mol. The molecular formula is C25H28ClF2N3O4. The third-order valence-corrected chi connectivity index (χ3v) is 5.93. The standard InChI is InChI=1S/C25H28ClF2N3O4/c1-15(2)20-14-35-21-9-8-16(26)12-17(21)24(33)29-10-3-4-11-31(13-22(32)30-20)25(34)23-18(27)6-5-7-19(23)28/h5-9,12,15,20H,3-4,10-11,13-14H2,1-2H3,(H,29,33)(H,30,32)/t20-/m1/s1. The molecule has 1 atom stereocenters. The van der Waals surface area contributed by atoms with E-state index in [9.17, 15) is 23.2 Å². The first kappa shape index (κ1) is 26.4. The number of nitrogens with one attached hydrogen (secondary N) is 2. The van der Waals surface area contributed by atoms with Gasteiger partial charge in [-0.2, -0.15) is 0 Å². The van der Waals surface area contributed by atoms with Crippen LogP contribution < -0.4 is 15.4 Å². The number of nitrogens with zero attached hydrogens (tertiary/aromatic N) is 1. The van der Waals surface area contributed by atoms with Crippen molar-refractivity contribution in [1.29, 1.82) is 0 Å². The van der Waals surface area contributed by atoms with Gasteiger partial charge in [-0.15, -0.1) is 0 Å². The van der Waals surface area contributed by atoms with Crippen molar-refractivity contribution in [3.8, 4) is 5.75 Å². The summed E-state index contributed by atoms with van der Waals surface area (Å²) in [6.07, 6.45) is 0.851. The fourth-order valence-corrected chi connectivity index (χ4v) is 3.82. The summed E-state index contributed by atoms with van der Waals surface area (Å²) in [7, 11) is 0. The maximum absolute atomic E-state index is 14.3. The van der Waals surface area contributed by atoms with Crippen LogP contribution >= 0.6 is 11.6 Å². The molecule has 3 rings (SSSR count). The van der Waals surface area contributed by atoms with Crippen LogP contribution in [0.5, 0.6) is 5.75 Å². The maximum atomic E-state index is 14.3. The predicted octanol–water partition coefficient (Wildman–Crippen LogP) is 3.80. The second kappa shape index (κ2) is 12.0. The van der Waals surface area contributed by atoms with Gasteiger partial charge in [0.2, 0.25) is 5.91 Å². The van der Waals surface area contributed by atoms with E-state index in [1.807, 2.05) is 13.8 Å². The number of hydrogen-bond acceptors (Lipinski definition) is 4. The summed E-state index contributed by atoms with van der Waals surface area (Å²) in [5.74, 6) is -3.49. The van der Waals surface area contributed by atoms with E-state index in [0.29, 0.717) is 23.6 Å². The highest BCUT2D eigenvalue weighted by atomic mass is 35.5. The molecule has 0 bridgehead atoms. The zero-order valence-electron chi connectivity index (χ0n) is 19.6. The largest absolute Gasteiger partial charge is 0.491 e. The van der Waals surface area contributed by atoms with Gasteiger partial charge in [-0.25, -0.2) is 8.78 Å². The van der Waals surface area contributed by atoms with E-state index < -0.39 is 35.1 Å². The molecule has 0 aliphatic carbocycles. The molecule has 10 heteroatoms. The van der Waals surface area contributed by atoms with Gasteiger partial charge in [0.15, 0.2) is 0 Å².